The lowest BCUT2D eigenvalue weighted by Gasteiger charge is -2.08. The Hall–Kier alpha value is -1.64. The molecule has 0 spiro atoms. The molecule has 1 aromatic carbocycles. The molecule has 3 heteroatoms. The van der Waals surface area contributed by atoms with E-state index in [1.165, 1.54) is 5.56 Å². The van der Waals surface area contributed by atoms with E-state index in [1.807, 2.05) is 30.3 Å². The molecule has 1 aromatic rings. The smallest absolute Gasteiger partial charge is 0.220 e. The number of hydrogen-bond donors (Lipinski definition) is 1. The van der Waals surface area contributed by atoms with E-state index in [1.54, 1.807) is 0 Å². The first-order chi connectivity index (χ1) is 7.75. The first-order valence-corrected chi connectivity index (χ1v) is 5.62. The van der Waals surface area contributed by atoms with Gasteiger partial charge < -0.3 is 5.32 Å². The Morgan fingerprint density at radius 1 is 1.31 bits per heavy atom. The standard InChI is InChI=1S/C13H15NO2/c15-12(11-7-9-13(16)14-11)8-6-10-4-2-1-3-5-10/h1-5,11H,6-9H2,(H,14,16)/t11-/m0/s1. The van der Waals surface area contributed by atoms with E-state index >= 15 is 0 Å². The molecule has 1 amide bonds. The quantitative estimate of drug-likeness (QED) is 0.830. The number of Topliss-reactive ketones (excluding diaryl/α,β-unsaturated/α-hetero) is 1. The highest BCUT2D eigenvalue weighted by molar-refractivity contribution is 5.92. The second-order valence-electron chi connectivity index (χ2n) is 4.11. The van der Waals surface area contributed by atoms with E-state index in [4.69, 9.17) is 0 Å². The molecular weight excluding hydrogens is 202 g/mol. The summed E-state index contributed by atoms with van der Waals surface area (Å²) in [5.74, 6) is 0.146. The van der Waals surface area contributed by atoms with Gasteiger partial charge in [-0.1, -0.05) is 30.3 Å². The average Bonchev–Trinajstić information content (AvgIpc) is 2.74. The average molecular weight is 217 g/mol. The molecule has 2 rings (SSSR count). The Morgan fingerprint density at radius 3 is 2.69 bits per heavy atom. The number of aryl methyl sites for hydroxylation is 1. The Balaban J connectivity index is 1.82. The van der Waals surface area contributed by atoms with Crippen molar-refractivity contribution in [3.63, 3.8) is 0 Å². The minimum absolute atomic E-state index is 0.00180. The van der Waals surface area contributed by atoms with Crippen LogP contribution in [0, 0.1) is 0 Å². The highest BCUT2D eigenvalue weighted by Crippen LogP contribution is 2.11. The van der Waals surface area contributed by atoms with Crippen molar-refractivity contribution in [1.29, 1.82) is 0 Å². The van der Waals surface area contributed by atoms with E-state index < -0.39 is 0 Å². The molecule has 0 unspecified atom stereocenters. The van der Waals surface area contributed by atoms with Crippen molar-refractivity contribution in [1.82, 2.24) is 5.32 Å². The van der Waals surface area contributed by atoms with Crippen LogP contribution in [0.5, 0.6) is 0 Å². The van der Waals surface area contributed by atoms with Crippen molar-refractivity contribution in [3.8, 4) is 0 Å². The first-order valence-electron chi connectivity index (χ1n) is 5.62. The number of benzene rings is 1. The van der Waals surface area contributed by atoms with Gasteiger partial charge in [-0.3, -0.25) is 9.59 Å². The summed E-state index contributed by atoms with van der Waals surface area (Å²) in [6.45, 7) is 0. The molecule has 0 bridgehead atoms. The summed E-state index contributed by atoms with van der Waals surface area (Å²) >= 11 is 0. The summed E-state index contributed by atoms with van der Waals surface area (Å²) in [6.07, 6.45) is 2.41. The van der Waals surface area contributed by atoms with Crippen LogP contribution < -0.4 is 5.32 Å². The van der Waals surface area contributed by atoms with Gasteiger partial charge in [0.1, 0.15) is 0 Å². The first kappa shape index (κ1) is 10.9. The highest BCUT2D eigenvalue weighted by Gasteiger charge is 2.26. The van der Waals surface area contributed by atoms with Gasteiger partial charge >= 0.3 is 0 Å². The van der Waals surface area contributed by atoms with Gasteiger partial charge in [-0.05, 0) is 18.4 Å². The Bertz CT molecular complexity index is 386. The molecular formula is C13H15NO2. The zero-order valence-corrected chi connectivity index (χ0v) is 9.11. The third-order valence-electron chi connectivity index (χ3n) is 2.89. The van der Waals surface area contributed by atoms with E-state index in [-0.39, 0.29) is 17.7 Å². The summed E-state index contributed by atoms with van der Waals surface area (Å²) < 4.78 is 0. The third-order valence-corrected chi connectivity index (χ3v) is 2.89. The minimum atomic E-state index is -0.240. The number of amides is 1. The molecule has 1 N–H and O–H groups in total. The number of nitrogens with one attached hydrogen (secondary N) is 1. The van der Waals surface area contributed by atoms with Gasteiger partial charge in [0.05, 0.1) is 6.04 Å². The normalized spacial score (nSPS) is 19.5. The van der Waals surface area contributed by atoms with Gasteiger partial charge in [-0.15, -0.1) is 0 Å². The van der Waals surface area contributed by atoms with Crippen molar-refractivity contribution in [3.05, 3.63) is 35.9 Å². The summed E-state index contributed by atoms with van der Waals surface area (Å²) in [5, 5.41) is 2.70. The molecule has 1 aliphatic rings. The summed E-state index contributed by atoms with van der Waals surface area (Å²) in [5.41, 5.74) is 1.17. The fourth-order valence-electron chi connectivity index (χ4n) is 1.94. The van der Waals surface area contributed by atoms with Crippen LogP contribution in [0.15, 0.2) is 30.3 Å². The molecule has 0 aromatic heterocycles. The zero-order valence-electron chi connectivity index (χ0n) is 9.11. The topological polar surface area (TPSA) is 46.2 Å². The molecule has 0 radical (unpaired) electrons. The molecule has 1 aliphatic heterocycles. The van der Waals surface area contributed by atoms with Gasteiger partial charge in [0.15, 0.2) is 5.78 Å². The number of ketones is 1. The number of carbonyl (C=O) groups is 2. The summed E-state index contributed by atoms with van der Waals surface area (Å²) in [4.78, 5) is 22.7. The van der Waals surface area contributed by atoms with E-state index in [0.29, 0.717) is 19.3 Å². The Morgan fingerprint density at radius 2 is 2.06 bits per heavy atom. The van der Waals surface area contributed by atoms with Crippen LogP contribution in [0.25, 0.3) is 0 Å². The largest absolute Gasteiger partial charge is 0.346 e. The maximum Gasteiger partial charge on any atom is 0.220 e. The molecule has 1 fully saturated rings. The second kappa shape index (κ2) is 4.92. The lowest BCUT2D eigenvalue weighted by Crippen LogP contribution is -2.33. The maximum atomic E-state index is 11.7. The molecule has 1 heterocycles. The minimum Gasteiger partial charge on any atom is -0.346 e. The number of rotatable bonds is 4. The molecule has 0 aliphatic carbocycles. The predicted molar refractivity (Wildman–Crippen MR) is 60.9 cm³/mol. The lowest BCUT2D eigenvalue weighted by atomic mass is 10.0. The molecule has 84 valence electrons. The van der Waals surface area contributed by atoms with Crippen molar-refractivity contribution in [2.45, 2.75) is 31.7 Å². The zero-order chi connectivity index (χ0) is 11.4. The fourth-order valence-corrected chi connectivity index (χ4v) is 1.94. The van der Waals surface area contributed by atoms with Crippen LogP contribution in [0.1, 0.15) is 24.8 Å². The lowest BCUT2D eigenvalue weighted by molar-refractivity contribution is -0.124. The Kier molecular flexibility index (Phi) is 3.34. The molecule has 0 saturated carbocycles. The maximum absolute atomic E-state index is 11.7. The van der Waals surface area contributed by atoms with Crippen LogP contribution >= 0.6 is 0 Å². The monoisotopic (exact) mass is 217 g/mol. The van der Waals surface area contributed by atoms with Gasteiger partial charge in [0.25, 0.3) is 0 Å². The van der Waals surface area contributed by atoms with E-state index in [2.05, 4.69) is 5.32 Å². The molecule has 1 saturated heterocycles. The summed E-state index contributed by atoms with van der Waals surface area (Å²) in [7, 11) is 0. The SMILES string of the molecule is O=C1CC[C@@H](C(=O)CCc2ccccc2)N1. The second-order valence-corrected chi connectivity index (χ2v) is 4.11. The van der Waals surface area contributed by atoms with E-state index in [9.17, 15) is 9.59 Å². The van der Waals surface area contributed by atoms with Gasteiger partial charge in [-0.25, -0.2) is 0 Å². The van der Waals surface area contributed by atoms with Gasteiger partial charge in [0, 0.05) is 12.8 Å². The van der Waals surface area contributed by atoms with Crippen molar-refractivity contribution in [2.75, 3.05) is 0 Å². The van der Waals surface area contributed by atoms with Crippen molar-refractivity contribution < 1.29 is 9.59 Å². The predicted octanol–water partition coefficient (Wildman–Crippen LogP) is 1.47. The van der Waals surface area contributed by atoms with Crippen LogP contribution in [0.3, 0.4) is 0 Å². The molecule has 16 heavy (non-hydrogen) atoms. The van der Waals surface area contributed by atoms with Crippen LogP contribution in [-0.2, 0) is 16.0 Å². The highest BCUT2D eigenvalue weighted by atomic mass is 16.2. The fraction of sp³-hybridized carbons (Fsp3) is 0.385. The molecule has 1 atom stereocenters. The Labute approximate surface area is 94.9 Å². The van der Waals surface area contributed by atoms with Crippen molar-refractivity contribution in [2.24, 2.45) is 0 Å². The van der Waals surface area contributed by atoms with E-state index in [0.717, 1.165) is 6.42 Å². The van der Waals surface area contributed by atoms with Gasteiger partial charge in [-0.2, -0.15) is 0 Å². The van der Waals surface area contributed by atoms with Crippen LogP contribution in [-0.4, -0.2) is 17.7 Å². The van der Waals surface area contributed by atoms with Crippen LogP contribution in [0.4, 0.5) is 0 Å². The number of carbonyl (C=O) groups excluding carboxylic acids is 2. The van der Waals surface area contributed by atoms with Gasteiger partial charge in [0.2, 0.25) is 5.91 Å². The summed E-state index contributed by atoms with van der Waals surface area (Å²) in [6, 6.07) is 9.69. The number of hydrogen-bond acceptors (Lipinski definition) is 2. The van der Waals surface area contributed by atoms with Crippen molar-refractivity contribution >= 4 is 11.7 Å². The molecule has 3 nitrogen and oxygen atoms in total. The van der Waals surface area contributed by atoms with Crippen LogP contribution in [0.2, 0.25) is 0 Å². The third kappa shape index (κ3) is 2.69.